The lowest BCUT2D eigenvalue weighted by molar-refractivity contribution is 0.307. The Balaban J connectivity index is 1.69. The van der Waals surface area contributed by atoms with Gasteiger partial charge in [0.05, 0.1) is 5.69 Å². The van der Waals surface area contributed by atoms with Crippen LogP contribution in [0.2, 0.25) is 0 Å². The minimum atomic E-state index is -0.343. The van der Waals surface area contributed by atoms with Gasteiger partial charge < -0.3 is 16.2 Å². The minimum absolute atomic E-state index is 0.194. The lowest BCUT2D eigenvalue weighted by Crippen LogP contribution is -2.13. The van der Waals surface area contributed by atoms with Crippen molar-refractivity contribution in [2.75, 3.05) is 11.5 Å². The van der Waals surface area contributed by atoms with Crippen molar-refractivity contribution in [3.8, 4) is 11.5 Å². The first-order valence-corrected chi connectivity index (χ1v) is 9.19. The lowest BCUT2D eigenvalue weighted by Gasteiger charge is -2.28. The van der Waals surface area contributed by atoms with Gasteiger partial charge in [0, 0.05) is 5.69 Å². The normalized spacial score (nSPS) is 20.4. The Bertz CT molecular complexity index is 724. The smallest absolute Gasteiger partial charge is 0.166 e. The molecule has 0 unspecified atom stereocenters. The third kappa shape index (κ3) is 4.25. The van der Waals surface area contributed by atoms with Gasteiger partial charge in [-0.15, -0.1) is 0 Å². The number of hydrogen-bond acceptors (Lipinski definition) is 3. The van der Waals surface area contributed by atoms with Crippen LogP contribution in [0.25, 0.3) is 0 Å². The van der Waals surface area contributed by atoms with Gasteiger partial charge in [-0.05, 0) is 73.4 Å². The summed E-state index contributed by atoms with van der Waals surface area (Å²) in [5.74, 6) is 1.57. The molecular formula is C21H27FN2O. The van der Waals surface area contributed by atoms with E-state index in [1.807, 2.05) is 6.07 Å². The fourth-order valence-electron chi connectivity index (χ4n) is 3.82. The summed E-state index contributed by atoms with van der Waals surface area (Å²) in [6.07, 6.45) is 7.37. The van der Waals surface area contributed by atoms with Gasteiger partial charge in [0.25, 0.3) is 0 Å². The number of ether oxygens (including phenoxy) is 1. The Morgan fingerprint density at radius 1 is 1.00 bits per heavy atom. The fraction of sp³-hybridized carbons (Fsp3) is 0.429. The van der Waals surface area contributed by atoms with Crippen LogP contribution in [-0.2, 0) is 0 Å². The van der Waals surface area contributed by atoms with Crippen molar-refractivity contribution in [3.05, 3.63) is 47.8 Å². The van der Waals surface area contributed by atoms with E-state index in [9.17, 15) is 4.39 Å². The molecule has 1 saturated carbocycles. The average Bonchev–Trinajstić information content (AvgIpc) is 2.60. The Labute approximate surface area is 149 Å². The maximum atomic E-state index is 14.5. The summed E-state index contributed by atoms with van der Waals surface area (Å²) in [5.41, 5.74) is 13.6. The van der Waals surface area contributed by atoms with Gasteiger partial charge in [0.15, 0.2) is 17.3 Å². The Morgan fingerprint density at radius 2 is 1.72 bits per heavy atom. The first-order chi connectivity index (χ1) is 12.1. The van der Waals surface area contributed by atoms with Gasteiger partial charge in [-0.3, -0.25) is 0 Å². The van der Waals surface area contributed by atoms with Crippen LogP contribution >= 0.6 is 0 Å². The van der Waals surface area contributed by atoms with Gasteiger partial charge >= 0.3 is 0 Å². The first-order valence-electron chi connectivity index (χ1n) is 9.19. The monoisotopic (exact) mass is 342 g/mol. The molecule has 0 atom stereocenters. The number of rotatable bonds is 5. The lowest BCUT2D eigenvalue weighted by atomic mass is 9.77. The van der Waals surface area contributed by atoms with Gasteiger partial charge in [0.1, 0.15) is 0 Å². The predicted molar refractivity (Wildman–Crippen MR) is 101 cm³/mol. The van der Waals surface area contributed by atoms with Gasteiger partial charge in [-0.1, -0.05) is 25.8 Å². The highest BCUT2D eigenvalue weighted by atomic mass is 19.1. The third-order valence-electron chi connectivity index (χ3n) is 5.22. The van der Waals surface area contributed by atoms with Crippen molar-refractivity contribution in [2.45, 2.75) is 51.4 Å². The zero-order chi connectivity index (χ0) is 17.8. The molecule has 3 rings (SSSR count). The summed E-state index contributed by atoms with van der Waals surface area (Å²) in [7, 11) is 0. The second-order valence-electron chi connectivity index (χ2n) is 7.10. The molecule has 2 aromatic carbocycles. The number of anilines is 2. The van der Waals surface area contributed by atoms with Gasteiger partial charge in [-0.25, -0.2) is 4.39 Å². The second-order valence-corrected chi connectivity index (χ2v) is 7.10. The zero-order valence-corrected chi connectivity index (χ0v) is 14.8. The third-order valence-corrected chi connectivity index (χ3v) is 5.22. The maximum Gasteiger partial charge on any atom is 0.166 e. The molecule has 1 aliphatic rings. The van der Waals surface area contributed by atoms with E-state index in [0.717, 1.165) is 24.3 Å². The molecule has 134 valence electrons. The number of benzene rings is 2. The van der Waals surface area contributed by atoms with E-state index < -0.39 is 0 Å². The summed E-state index contributed by atoms with van der Waals surface area (Å²) in [6.45, 7) is 2.24. The molecule has 25 heavy (non-hydrogen) atoms. The van der Waals surface area contributed by atoms with Crippen molar-refractivity contribution in [1.29, 1.82) is 0 Å². The zero-order valence-electron chi connectivity index (χ0n) is 14.8. The number of halogens is 1. The number of nitrogens with two attached hydrogens (primary N) is 2. The second kappa shape index (κ2) is 7.77. The number of hydrogen-bond donors (Lipinski definition) is 2. The fourth-order valence-corrected chi connectivity index (χ4v) is 3.82. The van der Waals surface area contributed by atoms with E-state index in [0.29, 0.717) is 23.0 Å². The molecule has 4 heteroatoms. The quantitative estimate of drug-likeness (QED) is 0.669. The summed E-state index contributed by atoms with van der Waals surface area (Å²) >= 11 is 0. The summed E-state index contributed by atoms with van der Waals surface area (Å²) in [6, 6.07) is 10.3. The van der Waals surface area contributed by atoms with Crippen LogP contribution in [0.4, 0.5) is 15.8 Å². The molecule has 0 spiro atoms. The van der Waals surface area contributed by atoms with Crippen molar-refractivity contribution in [2.24, 2.45) is 5.92 Å². The van der Waals surface area contributed by atoms with E-state index in [-0.39, 0.29) is 11.6 Å². The Kier molecular flexibility index (Phi) is 5.47. The van der Waals surface area contributed by atoms with Gasteiger partial charge in [0.2, 0.25) is 0 Å². The molecule has 0 amide bonds. The van der Waals surface area contributed by atoms with Crippen molar-refractivity contribution < 1.29 is 9.13 Å². The molecule has 1 aliphatic carbocycles. The van der Waals surface area contributed by atoms with Crippen LogP contribution in [0.5, 0.6) is 11.5 Å². The highest BCUT2D eigenvalue weighted by molar-refractivity contribution is 5.61. The largest absolute Gasteiger partial charge is 0.452 e. The SMILES string of the molecule is CCCC1CCC(c2ccc(Oc3ccc(N)cc3N)c(F)c2)CC1. The van der Waals surface area contributed by atoms with Crippen molar-refractivity contribution >= 4 is 11.4 Å². The van der Waals surface area contributed by atoms with Crippen LogP contribution < -0.4 is 16.2 Å². The average molecular weight is 342 g/mol. The van der Waals surface area contributed by atoms with Crippen LogP contribution in [-0.4, -0.2) is 0 Å². The highest BCUT2D eigenvalue weighted by Gasteiger charge is 2.22. The molecule has 0 aromatic heterocycles. The van der Waals surface area contributed by atoms with E-state index in [1.54, 1.807) is 30.3 Å². The summed E-state index contributed by atoms with van der Waals surface area (Å²) in [5, 5.41) is 0. The van der Waals surface area contributed by atoms with E-state index in [1.165, 1.54) is 25.7 Å². The van der Waals surface area contributed by atoms with E-state index >= 15 is 0 Å². The molecule has 1 fully saturated rings. The first kappa shape index (κ1) is 17.6. The molecule has 0 radical (unpaired) electrons. The van der Waals surface area contributed by atoms with Crippen molar-refractivity contribution in [1.82, 2.24) is 0 Å². The van der Waals surface area contributed by atoms with E-state index in [4.69, 9.17) is 16.2 Å². The Hall–Kier alpha value is -2.23. The van der Waals surface area contributed by atoms with Crippen molar-refractivity contribution in [3.63, 3.8) is 0 Å². The standard InChI is InChI=1S/C21H27FN2O/c1-2-3-14-4-6-15(7-5-14)16-8-10-20(18(22)12-16)25-21-11-9-17(23)13-19(21)24/h8-15H,2-7,23-24H2,1H3. The van der Waals surface area contributed by atoms with Crippen LogP contribution in [0.1, 0.15) is 56.9 Å². The molecule has 0 saturated heterocycles. The highest BCUT2D eigenvalue weighted by Crippen LogP contribution is 2.39. The summed E-state index contributed by atoms with van der Waals surface area (Å²) in [4.78, 5) is 0. The molecule has 4 N–H and O–H groups in total. The van der Waals surface area contributed by atoms with Gasteiger partial charge in [-0.2, -0.15) is 0 Å². The molecule has 3 nitrogen and oxygen atoms in total. The Morgan fingerprint density at radius 3 is 2.36 bits per heavy atom. The molecular weight excluding hydrogens is 315 g/mol. The predicted octanol–water partition coefficient (Wildman–Crippen LogP) is 5.86. The molecule has 0 aliphatic heterocycles. The number of nitrogen functional groups attached to an aromatic ring is 2. The minimum Gasteiger partial charge on any atom is -0.452 e. The summed E-state index contributed by atoms with van der Waals surface area (Å²) < 4.78 is 20.1. The van der Waals surface area contributed by atoms with E-state index in [2.05, 4.69) is 6.92 Å². The maximum absolute atomic E-state index is 14.5. The molecule has 2 aromatic rings. The molecule has 0 heterocycles. The van der Waals surface area contributed by atoms with Crippen LogP contribution in [0.15, 0.2) is 36.4 Å². The molecule has 0 bridgehead atoms. The van der Waals surface area contributed by atoms with Crippen LogP contribution in [0.3, 0.4) is 0 Å². The topological polar surface area (TPSA) is 61.3 Å². The van der Waals surface area contributed by atoms with Crippen LogP contribution in [0, 0.1) is 11.7 Å².